The van der Waals surface area contributed by atoms with Crippen molar-refractivity contribution in [3.8, 4) is 17.2 Å². The standard InChI is InChI=1S/C20H21N5O3/c1-12-4-5-14(8-17(12)25-11-21-23-24-25)20(26)22-16-7-6-13-9-18(27-2)19(28-3)10-15(13)16/h4-5,8-11,16H,6-7H2,1-3H3,(H,22,26). The first kappa shape index (κ1) is 18.0. The van der Waals surface area contributed by atoms with Gasteiger partial charge in [0.25, 0.3) is 5.91 Å². The van der Waals surface area contributed by atoms with Crippen LogP contribution in [0.1, 0.15) is 39.5 Å². The van der Waals surface area contributed by atoms with Crippen LogP contribution < -0.4 is 14.8 Å². The van der Waals surface area contributed by atoms with Gasteiger partial charge >= 0.3 is 0 Å². The summed E-state index contributed by atoms with van der Waals surface area (Å²) in [5, 5.41) is 14.4. The van der Waals surface area contributed by atoms with Gasteiger partial charge in [-0.1, -0.05) is 6.07 Å². The van der Waals surface area contributed by atoms with E-state index in [1.54, 1.807) is 25.0 Å². The van der Waals surface area contributed by atoms with Crippen LogP contribution in [0.15, 0.2) is 36.7 Å². The minimum absolute atomic E-state index is 0.0694. The minimum atomic E-state index is -0.137. The van der Waals surface area contributed by atoms with Crippen LogP contribution >= 0.6 is 0 Å². The Kier molecular flexibility index (Phi) is 4.68. The van der Waals surface area contributed by atoms with E-state index < -0.39 is 0 Å². The van der Waals surface area contributed by atoms with E-state index in [1.165, 1.54) is 11.9 Å². The number of ether oxygens (including phenoxy) is 2. The molecule has 144 valence electrons. The van der Waals surface area contributed by atoms with E-state index in [9.17, 15) is 4.79 Å². The number of benzene rings is 2. The zero-order valence-electron chi connectivity index (χ0n) is 16.0. The molecule has 1 aliphatic rings. The predicted octanol–water partition coefficient (Wildman–Crippen LogP) is 2.41. The number of fused-ring (bicyclic) bond motifs is 1. The van der Waals surface area contributed by atoms with Crippen molar-refractivity contribution in [2.24, 2.45) is 0 Å². The molecule has 0 fully saturated rings. The molecule has 1 aliphatic carbocycles. The molecule has 0 saturated carbocycles. The third-order valence-electron chi connectivity index (χ3n) is 5.10. The number of nitrogens with one attached hydrogen (secondary N) is 1. The zero-order valence-corrected chi connectivity index (χ0v) is 16.0. The summed E-state index contributed by atoms with van der Waals surface area (Å²) >= 11 is 0. The fourth-order valence-corrected chi connectivity index (χ4v) is 3.59. The molecule has 0 bridgehead atoms. The van der Waals surface area contributed by atoms with Gasteiger partial charge in [0.2, 0.25) is 0 Å². The van der Waals surface area contributed by atoms with Crippen LogP contribution in [-0.2, 0) is 6.42 Å². The summed E-state index contributed by atoms with van der Waals surface area (Å²) in [7, 11) is 3.23. The van der Waals surface area contributed by atoms with E-state index in [1.807, 2.05) is 31.2 Å². The van der Waals surface area contributed by atoms with Crippen LogP contribution in [0.25, 0.3) is 5.69 Å². The van der Waals surface area contributed by atoms with Crippen molar-refractivity contribution in [3.63, 3.8) is 0 Å². The summed E-state index contributed by atoms with van der Waals surface area (Å²) in [5.41, 5.74) is 4.55. The fraction of sp³-hybridized carbons (Fsp3) is 0.300. The van der Waals surface area contributed by atoms with Gasteiger partial charge in [-0.05, 0) is 71.1 Å². The summed E-state index contributed by atoms with van der Waals surface area (Å²) in [6.07, 6.45) is 3.23. The average molecular weight is 379 g/mol. The van der Waals surface area contributed by atoms with Crippen LogP contribution in [0.2, 0.25) is 0 Å². The number of hydrogen-bond donors (Lipinski definition) is 1. The van der Waals surface area contributed by atoms with Crippen LogP contribution in [0.3, 0.4) is 0 Å². The third kappa shape index (κ3) is 3.17. The lowest BCUT2D eigenvalue weighted by Gasteiger charge is -2.17. The summed E-state index contributed by atoms with van der Waals surface area (Å²) < 4.78 is 12.3. The van der Waals surface area contributed by atoms with E-state index in [-0.39, 0.29) is 11.9 Å². The van der Waals surface area contributed by atoms with Crippen LogP contribution in [0.4, 0.5) is 0 Å². The van der Waals surface area contributed by atoms with Gasteiger partial charge in [0.05, 0.1) is 25.9 Å². The maximum Gasteiger partial charge on any atom is 0.251 e. The molecular formula is C20H21N5O3. The zero-order chi connectivity index (χ0) is 19.7. The Morgan fingerprint density at radius 3 is 2.68 bits per heavy atom. The largest absolute Gasteiger partial charge is 0.493 e. The second-order valence-electron chi connectivity index (χ2n) is 6.73. The number of methoxy groups -OCH3 is 2. The summed E-state index contributed by atoms with van der Waals surface area (Å²) in [6.45, 7) is 1.95. The number of nitrogens with zero attached hydrogens (tertiary/aromatic N) is 4. The molecule has 0 saturated heterocycles. The van der Waals surface area contributed by atoms with Crippen molar-refractivity contribution in [2.45, 2.75) is 25.8 Å². The smallest absolute Gasteiger partial charge is 0.251 e. The van der Waals surface area contributed by atoms with Crippen molar-refractivity contribution in [1.29, 1.82) is 0 Å². The number of rotatable bonds is 5. The normalized spacial score (nSPS) is 15.2. The highest BCUT2D eigenvalue weighted by Gasteiger charge is 2.27. The number of amides is 1. The molecule has 0 aliphatic heterocycles. The molecule has 0 spiro atoms. The van der Waals surface area contributed by atoms with Crippen molar-refractivity contribution >= 4 is 5.91 Å². The van der Waals surface area contributed by atoms with E-state index >= 15 is 0 Å². The molecule has 1 amide bonds. The SMILES string of the molecule is COc1cc2c(cc1OC)C(NC(=O)c1ccc(C)c(-n3cnnn3)c1)CC2. The van der Waals surface area contributed by atoms with Gasteiger partial charge in [-0.25, -0.2) is 4.68 Å². The Morgan fingerprint density at radius 1 is 1.18 bits per heavy atom. The van der Waals surface area contributed by atoms with Crippen molar-refractivity contribution in [1.82, 2.24) is 25.5 Å². The maximum atomic E-state index is 12.9. The summed E-state index contributed by atoms with van der Waals surface area (Å²) in [6, 6.07) is 9.37. The van der Waals surface area contributed by atoms with Crippen molar-refractivity contribution in [2.75, 3.05) is 14.2 Å². The van der Waals surface area contributed by atoms with Gasteiger partial charge in [-0.2, -0.15) is 0 Å². The summed E-state index contributed by atoms with van der Waals surface area (Å²) in [4.78, 5) is 12.9. The number of carbonyl (C=O) groups excluding carboxylic acids is 1. The van der Waals surface area contributed by atoms with Gasteiger partial charge in [-0.15, -0.1) is 5.10 Å². The molecule has 1 N–H and O–H groups in total. The second kappa shape index (κ2) is 7.30. The van der Waals surface area contributed by atoms with Crippen LogP contribution in [0.5, 0.6) is 11.5 Å². The molecule has 1 atom stereocenters. The Labute approximate surface area is 162 Å². The highest BCUT2D eigenvalue weighted by Crippen LogP contribution is 2.39. The molecule has 0 radical (unpaired) electrons. The molecule has 3 aromatic rings. The van der Waals surface area contributed by atoms with Gasteiger partial charge in [-0.3, -0.25) is 4.79 Å². The van der Waals surface area contributed by atoms with E-state index in [0.29, 0.717) is 17.1 Å². The molecular weight excluding hydrogens is 358 g/mol. The molecule has 1 heterocycles. The first-order valence-corrected chi connectivity index (χ1v) is 9.00. The number of aryl methyl sites for hydroxylation is 2. The first-order valence-electron chi connectivity index (χ1n) is 9.00. The molecule has 2 aromatic carbocycles. The molecule has 8 heteroatoms. The highest BCUT2D eigenvalue weighted by atomic mass is 16.5. The lowest BCUT2D eigenvalue weighted by molar-refractivity contribution is 0.0936. The van der Waals surface area contributed by atoms with Gasteiger partial charge in [0, 0.05) is 5.56 Å². The third-order valence-corrected chi connectivity index (χ3v) is 5.10. The number of carbonyl (C=O) groups is 1. The quantitative estimate of drug-likeness (QED) is 0.732. The molecule has 1 unspecified atom stereocenters. The molecule has 28 heavy (non-hydrogen) atoms. The predicted molar refractivity (Wildman–Crippen MR) is 102 cm³/mol. The van der Waals surface area contributed by atoms with Crippen molar-refractivity contribution in [3.05, 3.63) is 58.9 Å². The van der Waals surface area contributed by atoms with E-state index in [0.717, 1.165) is 29.7 Å². The maximum absolute atomic E-state index is 12.9. The number of tetrazole rings is 1. The molecule has 8 nitrogen and oxygen atoms in total. The topological polar surface area (TPSA) is 91.2 Å². The van der Waals surface area contributed by atoms with Crippen molar-refractivity contribution < 1.29 is 14.3 Å². The first-order chi connectivity index (χ1) is 13.6. The Balaban J connectivity index is 1.59. The Morgan fingerprint density at radius 2 is 1.96 bits per heavy atom. The molecule has 1 aromatic heterocycles. The van der Waals surface area contributed by atoms with E-state index in [4.69, 9.17) is 9.47 Å². The Hall–Kier alpha value is -3.42. The highest BCUT2D eigenvalue weighted by molar-refractivity contribution is 5.95. The Bertz CT molecular complexity index is 1020. The number of hydrogen-bond acceptors (Lipinski definition) is 6. The lowest BCUT2D eigenvalue weighted by Crippen LogP contribution is -2.27. The summed E-state index contributed by atoms with van der Waals surface area (Å²) in [5.74, 6) is 1.23. The second-order valence-corrected chi connectivity index (χ2v) is 6.73. The fourth-order valence-electron chi connectivity index (χ4n) is 3.59. The van der Waals surface area contributed by atoms with Gasteiger partial charge < -0.3 is 14.8 Å². The monoisotopic (exact) mass is 379 g/mol. The lowest BCUT2D eigenvalue weighted by atomic mass is 10.1. The minimum Gasteiger partial charge on any atom is -0.493 e. The average Bonchev–Trinajstić information content (AvgIpc) is 3.37. The molecule has 4 rings (SSSR count). The van der Waals surface area contributed by atoms with Gasteiger partial charge in [0.15, 0.2) is 11.5 Å². The number of aromatic nitrogens is 4. The van der Waals surface area contributed by atoms with Crippen LogP contribution in [-0.4, -0.2) is 40.3 Å². The van der Waals surface area contributed by atoms with E-state index in [2.05, 4.69) is 20.8 Å². The van der Waals surface area contributed by atoms with Gasteiger partial charge in [0.1, 0.15) is 6.33 Å². The van der Waals surface area contributed by atoms with Crippen LogP contribution in [0, 0.1) is 6.92 Å².